The second-order valence-corrected chi connectivity index (χ2v) is 7.88. The van der Waals surface area contributed by atoms with E-state index < -0.39 is 39.1 Å². The lowest BCUT2D eigenvalue weighted by atomic mass is 9.95. The fraction of sp³-hybridized carbons (Fsp3) is 0.227. The molecule has 0 saturated carbocycles. The van der Waals surface area contributed by atoms with E-state index in [4.69, 9.17) is 17.0 Å². The van der Waals surface area contributed by atoms with Crippen molar-refractivity contribution in [3.05, 3.63) is 85.1 Å². The number of carbonyl (C=O) groups is 2. The highest BCUT2D eigenvalue weighted by atomic mass is 32.1. The SMILES string of the molecule is CCOC(=O)C1=C(C)N(C)C(=S)NC1c1cccc(NC(=O)c2cc([N+](=O)[O-])cc([N+](=O)[O-])c2)c1. The van der Waals surface area contributed by atoms with E-state index in [1.54, 1.807) is 50.1 Å². The van der Waals surface area contributed by atoms with Crippen LogP contribution in [0.1, 0.15) is 35.8 Å². The van der Waals surface area contributed by atoms with Crippen LogP contribution in [0.25, 0.3) is 0 Å². The van der Waals surface area contributed by atoms with Crippen LogP contribution in [0.4, 0.5) is 17.1 Å². The Labute approximate surface area is 204 Å². The van der Waals surface area contributed by atoms with Gasteiger partial charge in [0.15, 0.2) is 5.11 Å². The first kappa shape index (κ1) is 25.2. The molecule has 1 amide bonds. The maximum absolute atomic E-state index is 12.8. The lowest BCUT2D eigenvalue weighted by Crippen LogP contribution is -2.46. The Morgan fingerprint density at radius 1 is 1.14 bits per heavy atom. The quantitative estimate of drug-likeness (QED) is 0.250. The van der Waals surface area contributed by atoms with Gasteiger partial charge >= 0.3 is 5.97 Å². The number of anilines is 1. The minimum Gasteiger partial charge on any atom is -0.463 e. The molecule has 182 valence electrons. The second kappa shape index (κ2) is 10.3. The van der Waals surface area contributed by atoms with E-state index in [0.717, 1.165) is 18.2 Å². The number of benzene rings is 2. The number of nitro groups is 2. The molecule has 0 aromatic heterocycles. The number of amides is 1. The molecule has 0 spiro atoms. The van der Waals surface area contributed by atoms with E-state index >= 15 is 0 Å². The Balaban J connectivity index is 1.95. The summed E-state index contributed by atoms with van der Waals surface area (Å²) in [6.45, 7) is 3.62. The van der Waals surface area contributed by atoms with Gasteiger partial charge in [0.05, 0.1) is 39.7 Å². The topological polar surface area (TPSA) is 157 Å². The van der Waals surface area contributed by atoms with Crippen LogP contribution in [0.5, 0.6) is 0 Å². The molecule has 1 unspecified atom stereocenters. The first-order valence-electron chi connectivity index (χ1n) is 10.3. The van der Waals surface area contributed by atoms with Gasteiger partial charge in [-0.15, -0.1) is 0 Å². The van der Waals surface area contributed by atoms with Gasteiger partial charge in [-0.05, 0) is 43.8 Å². The number of carbonyl (C=O) groups excluding carboxylic acids is 2. The van der Waals surface area contributed by atoms with Crippen molar-refractivity contribution in [2.75, 3.05) is 19.0 Å². The third kappa shape index (κ3) is 5.41. The maximum atomic E-state index is 12.8. The summed E-state index contributed by atoms with van der Waals surface area (Å²) in [6.07, 6.45) is 0. The van der Waals surface area contributed by atoms with E-state index in [1.165, 1.54) is 0 Å². The zero-order valence-corrected chi connectivity index (χ0v) is 19.8. The summed E-state index contributed by atoms with van der Waals surface area (Å²) in [5, 5.41) is 28.3. The molecule has 1 heterocycles. The van der Waals surface area contributed by atoms with E-state index in [0.29, 0.717) is 27.6 Å². The average Bonchev–Trinajstić information content (AvgIpc) is 2.82. The molecule has 1 aliphatic heterocycles. The molecular formula is C22H21N5O7S. The zero-order valence-electron chi connectivity index (χ0n) is 18.9. The highest BCUT2D eigenvalue weighted by Gasteiger charge is 2.33. The van der Waals surface area contributed by atoms with Crippen molar-refractivity contribution in [3.63, 3.8) is 0 Å². The summed E-state index contributed by atoms with van der Waals surface area (Å²) in [5.41, 5.74) is 0.428. The summed E-state index contributed by atoms with van der Waals surface area (Å²) in [5.74, 6) is -1.30. The molecule has 0 radical (unpaired) electrons. The number of nitrogens with zero attached hydrogens (tertiary/aromatic N) is 3. The van der Waals surface area contributed by atoms with Crippen molar-refractivity contribution in [1.29, 1.82) is 0 Å². The fourth-order valence-electron chi connectivity index (χ4n) is 3.50. The Bertz CT molecular complexity index is 1240. The Hall–Kier alpha value is -4.39. The molecule has 1 atom stereocenters. The number of non-ortho nitro benzene ring substituents is 2. The van der Waals surface area contributed by atoms with Gasteiger partial charge in [0, 0.05) is 30.6 Å². The molecule has 2 aromatic rings. The first-order chi connectivity index (χ1) is 16.5. The molecule has 0 saturated heterocycles. The molecule has 0 fully saturated rings. The number of ether oxygens (including phenoxy) is 1. The number of nitrogens with one attached hydrogen (secondary N) is 2. The largest absolute Gasteiger partial charge is 0.463 e. The number of hydrogen-bond donors (Lipinski definition) is 2. The Kier molecular flexibility index (Phi) is 7.40. The van der Waals surface area contributed by atoms with Gasteiger partial charge in [0.2, 0.25) is 0 Å². The highest BCUT2D eigenvalue weighted by Crippen LogP contribution is 2.32. The number of rotatable bonds is 7. The predicted molar refractivity (Wildman–Crippen MR) is 130 cm³/mol. The van der Waals surface area contributed by atoms with E-state index in [1.807, 2.05) is 0 Å². The normalized spacial score (nSPS) is 15.3. The molecule has 0 aliphatic carbocycles. The third-order valence-electron chi connectivity index (χ3n) is 5.31. The van der Waals surface area contributed by atoms with Gasteiger partial charge in [0.1, 0.15) is 0 Å². The van der Waals surface area contributed by atoms with Crippen LogP contribution in [0, 0.1) is 20.2 Å². The third-order valence-corrected chi connectivity index (χ3v) is 5.71. The van der Waals surface area contributed by atoms with Crippen molar-refractivity contribution in [2.24, 2.45) is 0 Å². The van der Waals surface area contributed by atoms with Crippen molar-refractivity contribution >= 4 is 46.3 Å². The minimum absolute atomic E-state index is 0.182. The summed E-state index contributed by atoms with van der Waals surface area (Å²) >= 11 is 5.37. The van der Waals surface area contributed by atoms with Crippen molar-refractivity contribution < 1.29 is 24.2 Å². The molecular weight excluding hydrogens is 478 g/mol. The van der Waals surface area contributed by atoms with Crippen molar-refractivity contribution in [3.8, 4) is 0 Å². The first-order valence-corrected chi connectivity index (χ1v) is 10.7. The maximum Gasteiger partial charge on any atom is 0.338 e. The van der Waals surface area contributed by atoms with E-state index in [2.05, 4.69) is 10.6 Å². The number of esters is 1. The van der Waals surface area contributed by atoms with Crippen molar-refractivity contribution in [2.45, 2.75) is 19.9 Å². The number of nitro benzene ring substituents is 2. The standard InChI is InChI=1S/C22H21N5O7S/c1-4-34-21(29)18-12(2)25(3)22(35)24-19(18)13-6-5-7-15(8-13)23-20(28)14-9-16(26(30)31)11-17(10-14)27(32)33/h5-11,19H,4H2,1-3H3,(H,23,28)(H,24,35). The van der Waals surface area contributed by atoms with Crippen LogP contribution in [0.3, 0.4) is 0 Å². The van der Waals surface area contributed by atoms with Crippen LogP contribution < -0.4 is 10.6 Å². The summed E-state index contributed by atoms with van der Waals surface area (Å²) in [6, 6.07) is 8.56. The number of hydrogen-bond acceptors (Lipinski definition) is 8. The van der Waals surface area contributed by atoms with Crippen molar-refractivity contribution in [1.82, 2.24) is 10.2 Å². The molecule has 35 heavy (non-hydrogen) atoms. The van der Waals surface area contributed by atoms with Gasteiger partial charge in [-0.3, -0.25) is 25.0 Å². The molecule has 2 aromatic carbocycles. The number of thiocarbonyl (C=S) groups is 1. The van der Waals surface area contributed by atoms with Crippen LogP contribution in [-0.2, 0) is 9.53 Å². The van der Waals surface area contributed by atoms with Gasteiger partial charge in [-0.1, -0.05) is 12.1 Å². The predicted octanol–water partition coefficient (Wildman–Crippen LogP) is 3.45. The highest BCUT2D eigenvalue weighted by molar-refractivity contribution is 7.80. The van der Waals surface area contributed by atoms with E-state index in [9.17, 15) is 29.8 Å². The molecule has 12 nitrogen and oxygen atoms in total. The Morgan fingerprint density at radius 3 is 2.34 bits per heavy atom. The monoisotopic (exact) mass is 499 g/mol. The van der Waals surface area contributed by atoms with Crippen LogP contribution in [0.15, 0.2) is 53.7 Å². The average molecular weight is 500 g/mol. The summed E-state index contributed by atoms with van der Waals surface area (Å²) < 4.78 is 5.21. The van der Waals surface area contributed by atoms with E-state index in [-0.39, 0.29) is 12.2 Å². The molecule has 2 N–H and O–H groups in total. The summed E-state index contributed by atoms with van der Waals surface area (Å²) in [4.78, 5) is 47.7. The van der Waals surface area contributed by atoms with Crippen LogP contribution in [-0.4, -0.2) is 45.4 Å². The molecule has 0 bridgehead atoms. The lowest BCUT2D eigenvalue weighted by Gasteiger charge is -2.35. The number of allylic oxidation sites excluding steroid dienone is 1. The van der Waals surface area contributed by atoms with Gasteiger partial charge < -0.3 is 20.3 Å². The van der Waals surface area contributed by atoms with Crippen LogP contribution in [0.2, 0.25) is 0 Å². The van der Waals surface area contributed by atoms with Crippen LogP contribution >= 0.6 is 12.2 Å². The minimum atomic E-state index is -0.815. The molecule has 3 rings (SSSR count). The molecule has 1 aliphatic rings. The smallest absolute Gasteiger partial charge is 0.338 e. The van der Waals surface area contributed by atoms with Gasteiger partial charge in [-0.2, -0.15) is 0 Å². The zero-order chi connectivity index (χ0) is 25.9. The second-order valence-electron chi connectivity index (χ2n) is 7.49. The Morgan fingerprint density at radius 2 is 1.77 bits per heavy atom. The van der Waals surface area contributed by atoms with Gasteiger partial charge in [-0.25, -0.2) is 4.79 Å². The lowest BCUT2D eigenvalue weighted by molar-refractivity contribution is -0.394. The van der Waals surface area contributed by atoms with Gasteiger partial charge in [0.25, 0.3) is 17.3 Å². The summed E-state index contributed by atoms with van der Waals surface area (Å²) in [7, 11) is 1.72. The fourth-order valence-corrected chi connectivity index (χ4v) is 3.75. The molecule has 13 heteroatoms.